The van der Waals surface area contributed by atoms with Crippen LogP contribution in [0.15, 0.2) is 36.7 Å². The molecule has 3 rings (SSSR count). The van der Waals surface area contributed by atoms with Gasteiger partial charge in [-0.25, -0.2) is 0 Å². The predicted molar refractivity (Wildman–Crippen MR) is 101 cm³/mol. The van der Waals surface area contributed by atoms with Crippen molar-refractivity contribution in [3.8, 4) is 5.75 Å². The van der Waals surface area contributed by atoms with Gasteiger partial charge in [0.15, 0.2) is 0 Å². The fourth-order valence-electron chi connectivity index (χ4n) is 3.18. The lowest BCUT2D eigenvalue weighted by Gasteiger charge is -2.36. The van der Waals surface area contributed by atoms with Crippen molar-refractivity contribution in [3.05, 3.63) is 42.2 Å². The second kappa shape index (κ2) is 8.23. The Balaban J connectivity index is 1.46. The van der Waals surface area contributed by atoms with Gasteiger partial charge in [-0.3, -0.25) is 14.4 Å². The molecule has 0 unspecified atom stereocenters. The molecule has 1 aromatic carbocycles. The van der Waals surface area contributed by atoms with Crippen molar-refractivity contribution in [2.45, 2.75) is 6.54 Å². The van der Waals surface area contributed by atoms with Crippen LogP contribution < -0.4 is 9.64 Å². The molecule has 1 saturated heterocycles. The third kappa shape index (κ3) is 4.54. The van der Waals surface area contributed by atoms with Crippen LogP contribution in [0.4, 0.5) is 5.69 Å². The Kier molecular flexibility index (Phi) is 5.78. The number of carbonyl (C=O) groups is 1. The smallest absolute Gasteiger partial charge is 0.236 e. The van der Waals surface area contributed by atoms with Crippen molar-refractivity contribution in [3.63, 3.8) is 0 Å². The first-order chi connectivity index (χ1) is 12.5. The summed E-state index contributed by atoms with van der Waals surface area (Å²) < 4.78 is 6.97. The van der Waals surface area contributed by atoms with Crippen LogP contribution in [0.25, 0.3) is 0 Å². The van der Waals surface area contributed by atoms with Crippen molar-refractivity contribution >= 4 is 11.6 Å². The second-order valence-electron chi connectivity index (χ2n) is 6.73. The van der Waals surface area contributed by atoms with E-state index in [1.54, 1.807) is 22.9 Å². The summed E-state index contributed by atoms with van der Waals surface area (Å²) in [4.78, 5) is 18.8. The van der Waals surface area contributed by atoms with E-state index in [2.05, 4.69) is 27.0 Å². The molecule has 0 saturated carbocycles. The topological polar surface area (TPSA) is 53.8 Å². The summed E-state index contributed by atoms with van der Waals surface area (Å²) in [5, 5.41) is 4.15. The molecule has 0 atom stereocenters. The fourth-order valence-corrected chi connectivity index (χ4v) is 3.18. The third-order valence-corrected chi connectivity index (χ3v) is 4.77. The average Bonchev–Trinajstić information content (AvgIpc) is 3.07. The standard InChI is InChI=1S/C19H27N5O2/c1-21(13-16-12-20-22(2)14-16)19(25)15-23-8-10-24(11-9-23)17-4-6-18(26-3)7-5-17/h4-7,12,14H,8-11,13,15H2,1-3H3. The van der Waals surface area contributed by atoms with Gasteiger partial charge >= 0.3 is 0 Å². The summed E-state index contributed by atoms with van der Waals surface area (Å²) in [6.45, 7) is 4.68. The number of rotatable bonds is 6. The molecule has 1 aliphatic heterocycles. The van der Waals surface area contributed by atoms with Crippen molar-refractivity contribution in [2.75, 3.05) is 51.8 Å². The summed E-state index contributed by atoms with van der Waals surface area (Å²) >= 11 is 0. The van der Waals surface area contributed by atoms with E-state index in [1.165, 1.54) is 5.69 Å². The molecule has 0 aliphatic carbocycles. The number of piperazine rings is 1. The number of amides is 1. The molecule has 0 N–H and O–H groups in total. The van der Waals surface area contributed by atoms with Gasteiger partial charge in [-0.2, -0.15) is 5.10 Å². The Morgan fingerprint density at radius 1 is 1.19 bits per heavy atom. The number of hydrogen-bond donors (Lipinski definition) is 0. The maximum Gasteiger partial charge on any atom is 0.236 e. The Hall–Kier alpha value is -2.54. The highest BCUT2D eigenvalue weighted by molar-refractivity contribution is 5.78. The van der Waals surface area contributed by atoms with Gasteiger partial charge in [-0.05, 0) is 24.3 Å². The zero-order valence-corrected chi connectivity index (χ0v) is 15.8. The molecule has 7 heteroatoms. The van der Waals surface area contributed by atoms with Gasteiger partial charge in [0.1, 0.15) is 5.75 Å². The predicted octanol–water partition coefficient (Wildman–Crippen LogP) is 1.21. The number of nitrogens with zero attached hydrogens (tertiary/aromatic N) is 5. The van der Waals surface area contributed by atoms with Gasteiger partial charge in [0, 0.05) is 64.3 Å². The Labute approximate surface area is 154 Å². The number of aromatic nitrogens is 2. The summed E-state index contributed by atoms with van der Waals surface area (Å²) in [5.74, 6) is 1.02. The van der Waals surface area contributed by atoms with E-state index < -0.39 is 0 Å². The fraction of sp³-hybridized carbons (Fsp3) is 0.474. The van der Waals surface area contributed by atoms with E-state index >= 15 is 0 Å². The van der Waals surface area contributed by atoms with Crippen LogP contribution >= 0.6 is 0 Å². The summed E-state index contributed by atoms with van der Waals surface area (Å²) in [6.07, 6.45) is 3.74. The summed E-state index contributed by atoms with van der Waals surface area (Å²) in [7, 11) is 5.41. The maximum atomic E-state index is 12.5. The first-order valence-corrected chi connectivity index (χ1v) is 8.88. The van der Waals surface area contributed by atoms with Crippen molar-refractivity contribution in [1.82, 2.24) is 19.6 Å². The Morgan fingerprint density at radius 2 is 1.88 bits per heavy atom. The average molecular weight is 357 g/mol. The van der Waals surface area contributed by atoms with Crippen LogP contribution in [0.3, 0.4) is 0 Å². The number of aryl methyl sites for hydroxylation is 1. The minimum Gasteiger partial charge on any atom is -0.497 e. The molecule has 0 spiro atoms. The highest BCUT2D eigenvalue weighted by Crippen LogP contribution is 2.20. The monoisotopic (exact) mass is 357 g/mol. The molecule has 1 amide bonds. The SMILES string of the molecule is COc1ccc(N2CCN(CC(=O)N(C)Cc3cnn(C)c3)CC2)cc1. The molecular weight excluding hydrogens is 330 g/mol. The first-order valence-electron chi connectivity index (χ1n) is 8.88. The molecule has 7 nitrogen and oxygen atoms in total. The largest absolute Gasteiger partial charge is 0.497 e. The van der Waals surface area contributed by atoms with Crippen molar-refractivity contribution in [1.29, 1.82) is 0 Å². The van der Waals surface area contributed by atoms with E-state index in [4.69, 9.17) is 4.74 Å². The molecule has 1 aliphatic rings. The van der Waals surface area contributed by atoms with E-state index in [0.29, 0.717) is 13.1 Å². The van der Waals surface area contributed by atoms with Gasteiger partial charge in [-0.1, -0.05) is 0 Å². The molecule has 0 radical (unpaired) electrons. The molecule has 140 valence electrons. The Morgan fingerprint density at radius 3 is 2.46 bits per heavy atom. The van der Waals surface area contributed by atoms with E-state index in [1.807, 2.05) is 32.4 Å². The highest BCUT2D eigenvalue weighted by Gasteiger charge is 2.21. The first kappa shape index (κ1) is 18.3. The number of anilines is 1. The van der Waals surface area contributed by atoms with Gasteiger partial charge < -0.3 is 14.5 Å². The van der Waals surface area contributed by atoms with Crippen LogP contribution in [0, 0.1) is 0 Å². The quantitative estimate of drug-likeness (QED) is 0.778. The normalized spacial score (nSPS) is 15.1. The molecule has 2 heterocycles. The Bertz CT molecular complexity index is 720. The lowest BCUT2D eigenvalue weighted by Crippen LogP contribution is -2.49. The molecule has 1 fully saturated rings. The van der Waals surface area contributed by atoms with E-state index in [-0.39, 0.29) is 5.91 Å². The number of likely N-dealkylation sites (N-methyl/N-ethyl adjacent to an activating group) is 1. The van der Waals surface area contributed by atoms with Crippen molar-refractivity contribution < 1.29 is 9.53 Å². The van der Waals surface area contributed by atoms with Crippen molar-refractivity contribution in [2.24, 2.45) is 7.05 Å². The minimum atomic E-state index is 0.145. The minimum absolute atomic E-state index is 0.145. The highest BCUT2D eigenvalue weighted by atomic mass is 16.5. The summed E-state index contributed by atoms with van der Waals surface area (Å²) in [6, 6.07) is 8.14. The maximum absolute atomic E-state index is 12.5. The number of ether oxygens (including phenoxy) is 1. The summed E-state index contributed by atoms with van der Waals surface area (Å²) in [5.41, 5.74) is 2.25. The van der Waals surface area contributed by atoms with Crippen LogP contribution in [0.2, 0.25) is 0 Å². The van der Waals surface area contributed by atoms with E-state index in [0.717, 1.165) is 37.5 Å². The van der Waals surface area contributed by atoms with Crippen LogP contribution in [0.1, 0.15) is 5.56 Å². The lowest BCUT2D eigenvalue weighted by molar-refractivity contribution is -0.131. The number of hydrogen-bond acceptors (Lipinski definition) is 5. The number of carbonyl (C=O) groups excluding carboxylic acids is 1. The lowest BCUT2D eigenvalue weighted by atomic mass is 10.2. The van der Waals surface area contributed by atoms with Gasteiger partial charge in [0.05, 0.1) is 19.9 Å². The molecule has 2 aromatic rings. The zero-order chi connectivity index (χ0) is 18.5. The number of methoxy groups -OCH3 is 1. The molecule has 0 bridgehead atoms. The third-order valence-electron chi connectivity index (χ3n) is 4.77. The van der Waals surface area contributed by atoms with Crippen LogP contribution in [-0.2, 0) is 18.4 Å². The molecule has 1 aromatic heterocycles. The van der Waals surface area contributed by atoms with Crippen LogP contribution in [0.5, 0.6) is 5.75 Å². The van der Waals surface area contributed by atoms with Gasteiger partial charge in [0.2, 0.25) is 5.91 Å². The van der Waals surface area contributed by atoms with E-state index in [9.17, 15) is 4.79 Å². The second-order valence-corrected chi connectivity index (χ2v) is 6.73. The molecular formula is C19H27N5O2. The molecule has 26 heavy (non-hydrogen) atoms. The zero-order valence-electron chi connectivity index (χ0n) is 15.8. The van der Waals surface area contributed by atoms with Gasteiger partial charge in [0.25, 0.3) is 0 Å². The number of benzene rings is 1. The van der Waals surface area contributed by atoms with Gasteiger partial charge in [-0.15, -0.1) is 0 Å². The van der Waals surface area contributed by atoms with Crippen LogP contribution in [-0.4, -0.2) is 72.4 Å².